The number of allylic oxidation sites excluding steroid dienone is 2. The highest BCUT2D eigenvalue weighted by Gasteiger charge is 2.11. The molecule has 1 aliphatic rings. The van der Waals surface area contributed by atoms with Crippen LogP contribution in [-0.4, -0.2) is 12.6 Å². The van der Waals surface area contributed by atoms with Crippen LogP contribution in [0.3, 0.4) is 0 Å². The van der Waals surface area contributed by atoms with Gasteiger partial charge < -0.3 is 4.79 Å². The minimum absolute atomic E-state index is 0.470. The monoisotopic (exact) mass is 194 g/mol. The molecule has 0 heterocycles. The summed E-state index contributed by atoms with van der Waals surface area (Å²) < 4.78 is 0. The summed E-state index contributed by atoms with van der Waals surface area (Å²) in [5, 5.41) is 0. The van der Waals surface area contributed by atoms with Crippen molar-refractivity contribution in [1.29, 1.82) is 0 Å². The summed E-state index contributed by atoms with van der Waals surface area (Å²) in [6.45, 7) is 0. The topological polar surface area (TPSA) is 34.1 Å². The predicted molar refractivity (Wildman–Crippen MR) is 56.0 cm³/mol. The van der Waals surface area contributed by atoms with E-state index in [1.807, 2.05) is 0 Å². The molecule has 0 N–H and O–H groups in total. The molecule has 0 atom stereocenters. The lowest BCUT2D eigenvalue weighted by Crippen LogP contribution is -2.04. The molecular weight excluding hydrogens is 176 g/mol. The molecule has 0 amide bonds. The number of hydrogen-bond donors (Lipinski definition) is 0. The number of rotatable bonds is 5. The zero-order valence-corrected chi connectivity index (χ0v) is 8.58. The fourth-order valence-electron chi connectivity index (χ4n) is 2.01. The second-order valence-corrected chi connectivity index (χ2v) is 3.96. The first-order chi connectivity index (χ1) is 6.86. The maximum Gasteiger partial charge on any atom is 0.145 e. The van der Waals surface area contributed by atoms with E-state index in [0.29, 0.717) is 18.8 Å². The van der Waals surface area contributed by atoms with Crippen LogP contribution in [0.2, 0.25) is 0 Å². The molecule has 0 aromatic rings. The average Bonchev–Trinajstić information content (AvgIpc) is 2.25. The lowest BCUT2D eigenvalue weighted by Gasteiger charge is -2.18. The number of carbonyl (C=O) groups is 2. The molecule has 2 nitrogen and oxygen atoms in total. The summed E-state index contributed by atoms with van der Waals surface area (Å²) in [6.07, 6.45) is 11.2. The molecule has 0 bridgehead atoms. The highest BCUT2D eigenvalue weighted by atomic mass is 16.1. The molecule has 0 aliphatic heterocycles. The van der Waals surface area contributed by atoms with Gasteiger partial charge in [0.2, 0.25) is 0 Å². The van der Waals surface area contributed by atoms with Gasteiger partial charge in [-0.25, -0.2) is 0 Å². The molecule has 0 spiro atoms. The van der Waals surface area contributed by atoms with Crippen molar-refractivity contribution in [1.82, 2.24) is 0 Å². The highest BCUT2D eigenvalue weighted by molar-refractivity contribution is 5.74. The molecule has 14 heavy (non-hydrogen) atoms. The molecule has 0 radical (unpaired) electrons. The summed E-state index contributed by atoms with van der Waals surface area (Å²) in [7, 11) is 0. The highest BCUT2D eigenvalue weighted by Crippen LogP contribution is 2.25. The van der Waals surface area contributed by atoms with E-state index in [0.717, 1.165) is 18.1 Å². The summed E-state index contributed by atoms with van der Waals surface area (Å²) in [5.74, 6) is 0.579. The van der Waals surface area contributed by atoms with E-state index in [1.165, 1.54) is 32.1 Å². The summed E-state index contributed by atoms with van der Waals surface area (Å²) in [6, 6.07) is 0. The molecule has 78 valence electrons. The van der Waals surface area contributed by atoms with Crippen LogP contribution in [0.5, 0.6) is 0 Å². The van der Waals surface area contributed by atoms with Crippen LogP contribution in [0.25, 0.3) is 0 Å². The van der Waals surface area contributed by atoms with E-state index in [-0.39, 0.29) is 0 Å². The average molecular weight is 194 g/mol. The van der Waals surface area contributed by atoms with Crippen LogP contribution in [0.15, 0.2) is 11.6 Å². The van der Waals surface area contributed by atoms with E-state index in [4.69, 9.17) is 0 Å². The fourth-order valence-corrected chi connectivity index (χ4v) is 2.01. The molecule has 1 fully saturated rings. The Morgan fingerprint density at radius 1 is 1.14 bits per heavy atom. The quantitative estimate of drug-likeness (QED) is 0.498. The van der Waals surface area contributed by atoms with Crippen molar-refractivity contribution in [2.24, 2.45) is 5.92 Å². The van der Waals surface area contributed by atoms with Crippen LogP contribution in [0.1, 0.15) is 44.9 Å². The molecule has 0 unspecified atom stereocenters. The zero-order chi connectivity index (χ0) is 10.2. The van der Waals surface area contributed by atoms with Gasteiger partial charge in [-0.1, -0.05) is 25.3 Å². The van der Waals surface area contributed by atoms with Gasteiger partial charge in [-0.15, -0.1) is 0 Å². The fraction of sp³-hybridized carbons (Fsp3) is 0.667. The Kier molecular flexibility index (Phi) is 5.20. The molecule has 1 rings (SSSR count). The Bertz CT molecular complexity index is 212. The number of hydrogen-bond acceptors (Lipinski definition) is 2. The standard InChI is InChI=1S/C12H18O2/c13-8-4-7-12(10-14)9-11-5-2-1-3-6-11/h8-11H,1-7H2. The van der Waals surface area contributed by atoms with Crippen LogP contribution in [-0.2, 0) is 9.59 Å². The maximum absolute atomic E-state index is 10.7. The summed E-state index contributed by atoms with van der Waals surface area (Å²) in [4.78, 5) is 20.9. The van der Waals surface area contributed by atoms with Gasteiger partial charge in [-0.3, -0.25) is 4.79 Å². The Hall–Kier alpha value is -0.920. The van der Waals surface area contributed by atoms with Crippen molar-refractivity contribution in [2.75, 3.05) is 0 Å². The van der Waals surface area contributed by atoms with Crippen LogP contribution >= 0.6 is 0 Å². The Balaban J connectivity index is 2.43. The van der Waals surface area contributed by atoms with E-state index >= 15 is 0 Å². The van der Waals surface area contributed by atoms with E-state index in [2.05, 4.69) is 6.08 Å². The zero-order valence-electron chi connectivity index (χ0n) is 8.58. The largest absolute Gasteiger partial charge is 0.303 e. The van der Waals surface area contributed by atoms with Gasteiger partial charge in [0.15, 0.2) is 0 Å². The molecular formula is C12H18O2. The van der Waals surface area contributed by atoms with Crippen LogP contribution in [0, 0.1) is 5.92 Å². The van der Waals surface area contributed by atoms with Crippen molar-refractivity contribution in [2.45, 2.75) is 44.9 Å². The second-order valence-electron chi connectivity index (χ2n) is 3.96. The Morgan fingerprint density at radius 3 is 2.43 bits per heavy atom. The van der Waals surface area contributed by atoms with E-state index in [9.17, 15) is 9.59 Å². The van der Waals surface area contributed by atoms with Crippen molar-refractivity contribution in [3.63, 3.8) is 0 Å². The third-order valence-corrected chi connectivity index (χ3v) is 2.80. The molecule has 1 saturated carbocycles. The van der Waals surface area contributed by atoms with Crippen LogP contribution < -0.4 is 0 Å². The van der Waals surface area contributed by atoms with Gasteiger partial charge in [-0.05, 0) is 30.8 Å². The number of aldehydes is 2. The molecule has 2 heteroatoms. The summed E-state index contributed by atoms with van der Waals surface area (Å²) >= 11 is 0. The Morgan fingerprint density at radius 2 is 1.86 bits per heavy atom. The SMILES string of the molecule is O=CCCC(C=O)=CC1CCCCC1. The third kappa shape index (κ3) is 3.86. The predicted octanol–water partition coefficient (Wildman–Crippen LogP) is 2.67. The van der Waals surface area contributed by atoms with Gasteiger partial charge in [0.05, 0.1) is 0 Å². The first-order valence-electron chi connectivity index (χ1n) is 5.46. The van der Waals surface area contributed by atoms with Crippen molar-refractivity contribution in [3.8, 4) is 0 Å². The molecule has 0 aromatic carbocycles. The van der Waals surface area contributed by atoms with Gasteiger partial charge in [0.1, 0.15) is 12.6 Å². The van der Waals surface area contributed by atoms with E-state index < -0.39 is 0 Å². The van der Waals surface area contributed by atoms with Gasteiger partial charge in [0, 0.05) is 6.42 Å². The Labute approximate surface area is 85.4 Å². The molecule has 1 aliphatic carbocycles. The first-order valence-corrected chi connectivity index (χ1v) is 5.46. The minimum atomic E-state index is 0.470. The normalized spacial score (nSPS) is 19.3. The van der Waals surface area contributed by atoms with Gasteiger partial charge in [-0.2, -0.15) is 0 Å². The second kappa shape index (κ2) is 6.52. The van der Waals surface area contributed by atoms with Crippen molar-refractivity contribution in [3.05, 3.63) is 11.6 Å². The van der Waals surface area contributed by atoms with Crippen molar-refractivity contribution >= 4 is 12.6 Å². The van der Waals surface area contributed by atoms with Gasteiger partial charge in [0.25, 0.3) is 0 Å². The minimum Gasteiger partial charge on any atom is -0.303 e. The van der Waals surface area contributed by atoms with E-state index in [1.54, 1.807) is 0 Å². The summed E-state index contributed by atoms with van der Waals surface area (Å²) in [5.41, 5.74) is 0.809. The maximum atomic E-state index is 10.7. The lowest BCUT2D eigenvalue weighted by molar-refractivity contribution is -0.107. The smallest absolute Gasteiger partial charge is 0.145 e. The van der Waals surface area contributed by atoms with Crippen molar-refractivity contribution < 1.29 is 9.59 Å². The lowest BCUT2D eigenvalue weighted by atomic mass is 9.87. The number of carbonyl (C=O) groups excluding carboxylic acids is 2. The van der Waals surface area contributed by atoms with Gasteiger partial charge >= 0.3 is 0 Å². The molecule has 0 aromatic heterocycles. The first kappa shape index (κ1) is 11.2. The van der Waals surface area contributed by atoms with Crippen LogP contribution in [0.4, 0.5) is 0 Å². The molecule has 0 saturated heterocycles. The third-order valence-electron chi connectivity index (χ3n) is 2.80.